The number of imide groups is 2. The second-order valence-electron chi connectivity index (χ2n) is 6.12. The van der Waals surface area contributed by atoms with E-state index in [0.717, 1.165) is 16.0 Å². The first-order valence-electron chi connectivity index (χ1n) is 8.14. The van der Waals surface area contributed by atoms with Gasteiger partial charge in [0, 0.05) is 5.02 Å². The van der Waals surface area contributed by atoms with Crippen LogP contribution in [0.15, 0.2) is 42.0 Å². The van der Waals surface area contributed by atoms with Crippen molar-refractivity contribution in [2.45, 2.75) is 13.8 Å². The summed E-state index contributed by atoms with van der Waals surface area (Å²) < 4.78 is 5.21. The third-order valence-corrected chi connectivity index (χ3v) is 4.65. The molecule has 1 aliphatic rings. The molecule has 0 radical (unpaired) electrons. The highest BCUT2D eigenvalue weighted by molar-refractivity contribution is 6.39. The number of carbonyl (C=O) groups excluding carboxylic acids is 3. The molecule has 7 heteroatoms. The summed E-state index contributed by atoms with van der Waals surface area (Å²) in [7, 11) is 1.56. The molecule has 1 fully saturated rings. The van der Waals surface area contributed by atoms with E-state index in [1.165, 1.54) is 12.1 Å². The van der Waals surface area contributed by atoms with Crippen LogP contribution in [-0.4, -0.2) is 25.0 Å². The average molecular weight is 385 g/mol. The number of anilines is 1. The van der Waals surface area contributed by atoms with Crippen LogP contribution in [0.3, 0.4) is 0 Å². The third-order valence-electron chi connectivity index (χ3n) is 4.25. The van der Waals surface area contributed by atoms with Crippen LogP contribution in [0.1, 0.15) is 16.7 Å². The Bertz CT molecular complexity index is 997. The van der Waals surface area contributed by atoms with E-state index < -0.39 is 17.8 Å². The maximum atomic E-state index is 12.9. The van der Waals surface area contributed by atoms with Crippen molar-refractivity contribution in [1.82, 2.24) is 5.32 Å². The second-order valence-corrected chi connectivity index (χ2v) is 6.53. The Morgan fingerprint density at radius 1 is 1.04 bits per heavy atom. The zero-order chi connectivity index (χ0) is 19.7. The van der Waals surface area contributed by atoms with Gasteiger partial charge in [-0.2, -0.15) is 0 Å². The van der Waals surface area contributed by atoms with Crippen LogP contribution in [0.2, 0.25) is 5.02 Å². The van der Waals surface area contributed by atoms with E-state index in [1.807, 2.05) is 13.8 Å². The lowest BCUT2D eigenvalue weighted by atomic mass is 10.0. The number of halogens is 1. The summed E-state index contributed by atoms with van der Waals surface area (Å²) in [6.07, 6.45) is 1.44. The van der Waals surface area contributed by atoms with E-state index in [0.29, 0.717) is 16.3 Å². The van der Waals surface area contributed by atoms with Gasteiger partial charge in [0.1, 0.15) is 11.3 Å². The van der Waals surface area contributed by atoms with Crippen molar-refractivity contribution in [3.8, 4) is 5.75 Å². The molecule has 27 heavy (non-hydrogen) atoms. The van der Waals surface area contributed by atoms with Gasteiger partial charge in [-0.3, -0.25) is 14.9 Å². The highest BCUT2D eigenvalue weighted by Gasteiger charge is 2.36. The third kappa shape index (κ3) is 3.57. The fourth-order valence-electron chi connectivity index (χ4n) is 2.77. The van der Waals surface area contributed by atoms with Crippen LogP contribution in [0.4, 0.5) is 10.5 Å². The van der Waals surface area contributed by atoms with Gasteiger partial charge in [-0.05, 0) is 60.9 Å². The van der Waals surface area contributed by atoms with Crippen LogP contribution in [-0.2, 0) is 9.59 Å². The van der Waals surface area contributed by atoms with Crippen LogP contribution < -0.4 is 15.0 Å². The topological polar surface area (TPSA) is 75.7 Å². The minimum atomic E-state index is -0.812. The van der Waals surface area contributed by atoms with Gasteiger partial charge in [0.05, 0.1) is 12.8 Å². The number of aryl methyl sites for hydroxylation is 2. The van der Waals surface area contributed by atoms with Gasteiger partial charge in [-0.25, -0.2) is 9.69 Å². The Morgan fingerprint density at radius 3 is 2.41 bits per heavy atom. The van der Waals surface area contributed by atoms with Gasteiger partial charge in [-0.15, -0.1) is 0 Å². The summed E-state index contributed by atoms with van der Waals surface area (Å²) in [6.45, 7) is 3.67. The lowest BCUT2D eigenvalue weighted by molar-refractivity contribution is -0.122. The van der Waals surface area contributed by atoms with Crippen LogP contribution in [0, 0.1) is 13.8 Å². The largest absolute Gasteiger partial charge is 0.496 e. The number of nitrogens with zero attached hydrogens (tertiary/aromatic N) is 1. The Labute approximate surface area is 161 Å². The Kier molecular flexibility index (Phi) is 5.01. The lowest BCUT2D eigenvalue weighted by Gasteiger charge is -2.26. The van der Waals surface area contributed by atoms with Gasteiger partial charge in [-0.1, -0.05) is 23.7 Å². The molecule has 0 spiro atoms. The number of amides is 4. The zero-order valence-electron chi connectivity index (χ0n) is 15.0. The molecule has 0 saturated carbocycles. The maximum absolute atomic E-state index is 12.9. The number of hydrogen-bond acceptors (Lipinski definition) is 4. The number of benzene rings is 2. The molecular formula is C20H17ClN2O4. The average Bonchev–Trinajstić information content (AvgIpc) is 2.61. The molecule has 138 valence electrons. The van der Waals surface area contributed by atoms with Crippen molar-refractivity contribution in [2.75, 3.05) is 12.0 Å². The van der Waals surface area contributed by atoms with Gasteiger partial charge >= 0.3 is 6.03 Å². The highest BCUT2D eigenvalue weighted by atomic mass is 35.5. The Hall–Kier alpha value is -3.12. The molecule has 0 bridgehead atoms. The number of ether oxygens (including phenoxy) is 1. The SMILES string of the molecule is COc1ccc(/C=C2/C(=O)NC(=O)N(c3ccc(C)c(Cl)c3)C2=O)cc1C. The van der Waals surface area contributed by atoms with E-state index >= 15 is 0 Å². The number of urea groups is 1. The molecular weight excluding hydrogens is 368 g/mol. The summed E-state index contributed by atoms with van der Waals surface area (Å²) in [6, 6.07) is 9.26. The maximum Gasteiger partial charge on any atom is 0.335 e. The summed E-state index contributed by atoms with van der Waals surface area (Å²) in [5.41, 5.74) is 2.45. The first-order valence-corrected chi connectivity index (χ1v) is 8.52. The molecule has 1 N–H and O–H groups in total. The number of carbonyl (C=O) groups is 3. The summed E-state index contributed by atoms with van der Waals surface area (Å²) in [5, 5.41) is 2.61. The smallest absolute Gasteiger partial charge is 0.335 e. The number of nitrogens with one attached hydrogen (secondary N) is 1. The lowest BCUT2D eigenvalue weighted by Crippen LogP contribution is -2.54. The molecule has 0 aliphatic carbocycles. The molecule has 4 amide bonds. The second kappa shape index (κ2) is 7.25. The molecule has 6 nitrogen and oxygen atoms in total. The fourth-order valence-corrected chi connectivity index (χ4v) is 2.95. The number of methoxy groups -OCH3 is 1. The Balaban J connectivity index is 2.01. The fraction of sp³-hybridized carbons (Fsp3) is 0.150. The summed E-state index contributed by atoms with van der Waals surface area (Å²) in [4.78, 5) is 38.2. The minimum absolute atomic E-state index is 0.143. The van der Waals surface area contributed by atoms with Crippen LogP contribution >= 0.6 is 11.6 Å². The predicted octanol–water partition coefficient (Wildman–Crippen LogP) is 3.63. The van der Waals surface area contributed by atoms with E-state index in [2.05, 4.69) is 5.32 Å². The summed E-state index contributed by atoms with van der Waals surface area (Å²) >= 11 is 6.11. The molecule has 1 aliphatic heterocycles. The molecule has 0 unspecified atom stereocenters. The van der Waals surface area contributed by atoms with Crippen molar-refractivity contribution >= 4 is 41.2 Å². The standard InChI is InChI=1S/C20H17ClN2O4/c1-11-4-6-14(10-16(11)21)23-19(25)15(18(24)22-20(23)26)9-13-5-7-17(27-3)12(2)8-13/h4-10H,1-3H3,(H,22,24,26)/b15-9-. The first-order chi connectivity index (χ1) is 12.8. The van der Waals surface area contributed by atoms with Crippen LogP contribution in [0.5, 0.6) is 5.75 Å². The van der Waals surface area contributed by atoms with Crippen molar-refractivity contribution in [3.63, 3.8) is 0 Å². The van der Waals surface area contributed by atoms with E-state index in [-0.39, 0.29) is 11.3 Å². The van der Waals surface area contributed by atoms with Gasteiger partial charge in [0.25, 0.3) is 11.8 Å². The van der Waals surface area contributed by atoms with Crippen molar-refractivity contribution in [3.05, 3.63) is 63.7 Å². The number of hydrogen-bond donors (Lipinski definition) is 1. The minimum Gasteiger partial charge on any atom is -0.496 e. The molecule has 2 aromatic carbocycles. The van der Waals surface area contributed by atoms with E-state index in [4.69, 9.17) is 16.3 Å². The zero-order valence-corrected chi connectivity index (χ0v) is 15.8. The predicted molar refractivity (Wildman–Crippen MR) is 103 cm³/mol. The first kappa shape index (κ1) is 18.7. The van der Waals surface area contributed by atoms with Crippen molar-refractivity contribution < 1.29 is 19.1 Å². The van der Waals surface area contributed by atoms with Gasteiger partial charge in [0.15, 0.2) is 0 Å². The van der Waals surface area contributed by atoms with Crippen molar-refractivity contribution in [2.24, 2.45) is 0 Å². The highest BCUT2D eigenvalue weighted by Crippen LogP contribution is 2.27. The van der Waals surface area contributed by atoms with Gasteiger partial charge in [0.2, 0.25) is 0 Å². The van der Waals surface area contributed by atoms with Gasteiger partial charge < -0.3 is 4.74 Å². The molecule has 3 rings (SSSR count). The number of rotatable bonds is 3. The quantitative estimate of drug-likeness (QED) is 0.647. The number of barbiturate groups is 1. The molecule has 2 aromatic rings. The normalized spacial score (nSPS) is 15.9. The van der Waals surface area contributed by atoms with Crippen LogP contribution in [0.25, 0.3) is 6.08 Å². The van der Waals surface area contributed by atoms with E-state index in [1.54, 1.807) is 37.4 Å². The molecule has 0 aromatic heterocycles. The summed E-state index contributed by atoms with van der Waals surface area (Å²) in [5.74, 6) is -0.757. The molecule has 1 saturated heterocycles. The van der Waals surface area contributed by atoms with Crippen molar-refractivity contribution in [1.29, 1.82) is 0 Å². The molecule has 0 atom stereocenters. The molecule has 1 heterocycles. The Morgan fingerprint density at radius 2 is 1.78 bits per heavy atom. The van der Waals surface area contributed by atoms with E-state index in [9.17, 15) is 14.4 Å². The monoisotopic (exact) mass is 384 g/mol.